The van der Waals surface area contributed by atoms with Crippen LogP contribution >= 0.6 is 12.2 Å². The molecule has 0 aromatic carbocycles. The van der Waals surface area contributed by atoms with Crippen LogP contribution in [0.2, 0.25) is 0 Å². The lowest BCUT2D eigenvalue weighted by Gasteiger charge is -2.11. The van der Waals surface area contributed by atoms with Gasteiger partial charge in [0.1, 0.15) is 5.69 Å². The minimum absolute atomic E-state index is 0.244. The van der Waals surface area contributed by atoms with Crippen LogP contribution in [0.3, 0.4) is 0 Å². The molecule has 1 heterocycles. The number of halogens is 2. The van der Waals surface area contributed by atoms with Crippen LogP contribution in [0.15, 0.2) is 12.3 Å². The number of thiocarbonyl (C=S) groups is 1. The van der Waals surface area contributed by atoms with Gasteiger partial charge in [-0.3, -0.25) is 15.6 Å². The molecule has 0 bridgehead atoms. The summed E-state index contributed by atoms with van der Waals surface area (Å²) in [4.78, 5) is 11.6. The fraction of sp³-hybridized carbons (Fsp3) is 0.444. The Labute approximate surface area is 107 Å². The van der Waals surface area contributed by atoms with Gasteiger partial charge in [-0.1, -0.05) is 0 Å². The van der Waals surface area contributed by atoms with E-state index in [2.05, 4.69) is 21.3 Å². The van der Waals surface area contributed by atoms with Crippen molar-refractivity contribution >= 4 is 23.2 Å². The summed E-state index contributed by atoms with van der Waals surface area (Å²) in [6, 6.07) is 1.54. The molecule has 1 saturated carbocycles. The summed E-state index contributed by atoms with van der Waals surface area (Å²) in [5.41, 5.74) is 4.43. The Kier molecular flexibility index (Phi) is 3.70. The minimum Gasteiger partial charge on any atom is -0.359 e. The third kappa shape index (κ3) is 3.13. The molecule has 1 aromatic heterocycles. The fourth-order valence-corrected chi connectivity index (χ4v) is 1.49. The summed E-state index contributed by atoms with van der Waals surface area (Å²) in [5, 5.41) is 6.54. The van der Waals surface area contributed by atoms with Crippen LogP contribution in [0.4, 0.5) is 8.78 Å². The van der Waals surface area contributed by atoms with Gasteiger partial charge in [0.2, 0.25) is 0 Å². The Balaban J connectivity index is 1.86. The summed E-state index contributed by atoms with van der Waals surface area (Å²) < 4.78 is 25.3. The molecule has 6 nitrogen and oxygen atoms in total. The number of hydrogen-bond acceptors (Lipinski definition) is 3. The highest BCUT2D eigenvalue weighted by Crippen LogP contribution is 2.18. The second kappa shape index (κ2) is 5.25. The lowest BCUT2D eigenvalue weighted by molar-refractivity contribution is 0.0508. The fourth-order valence-electron chi connectivity index (χ4n) is 1.28. The summed E-state index contributed by atoms with van der Waals surface area (Å²) in [6.07, 6.45) is 3.20. The summed E-state index contributed by atoms with van der Waals surface area (Å²) in [7, 11) is 0. The Morgan fingerprint density at radius 3 is 2.83 bits per heavy atom. The summed E-state index contributed by atoms with van der Waals surface area (Å²) in [6.45, 7) is -2.86. The van der Waals surface area contributed by atoms with E-state index in [4.69, 9.17) is 12.2 Å². The number of carbonyl (C=O) groups is 1. The van der Waals surface area contributed by atoms with E-state index in [9.17, 15) is 13.6 Å². The predicted molar refractivity (Wildman–Crippen MR) is 62.8 cm³/mol. The van der Waals surface area contributed by atoms with Crippen molar-refractivity contribution in [1.29, 1.82) is 0 Å². The van der Waals surface area contributed by atoms with Crippen LogP contribution in [0, 0.1) is 0 Å². The molecule has 18 heavy (non-hydrogen) atoms. The number of hydrazine groups is 1. The molecule has 0 aliphatic heterocycles. The average Bonchev–Trinajstić information content (AvgIpc) is 2.98. The first-order chi connectivity index (χ1) is 8.58. The molecule has 1 aliphatic rings. The van der Waals surface area contributed by atoms with E-state index in [1.54, 1.807) is 0 Å². The zero-order valence-corrected chi connectivity index (χ0v) is 10.0. The molecule has 0 unspecified atom stereocenters. The summed E-state index contributed by atoms with van der Waals surface area (Å²) in [5.74, 6) is -0.729. The van der Waals surface area contributed by atoms with Crippen molar-refractivity contribution in [2.45, 2.75) is 25.4 Å². The molecule has 1 aromatic rings. The molecule has 2 rings (SSSR count). The third-order valence-electron chi connectivity index (χ3n) is 2.29. The highest BCUT2D eigenvalue weighted by atomic mass is 32.1. The molecule has 0 radical (unpaired) electrons. The number of carbonyl (C=O) groups excluding carboxylic acids is 1. The standard InChI is InChI=1S/C9H11F2N5OS/c10-8(11)16-6(3-4-12-16)7(17)14-15-9(18)13-5-1-2-5/h3-5,8H,1-2H2,(H,14,17)(H2,13,15,18). The Bertz CT molecular complexity index is 460. The Morgan fingerprint density at radius 1 is 1.50 bits per heavy atom. The van der Waals surface area contributed by atoms with E-state index in [0.717, 1.165) is 19.0 Å². The molecule has 98 valence electrons. The van der Waals surface area contributed by atoms with Crippen LogP contribution in [-0.2, 0) is 0 Å². The molecule has 1 aliphatic carbocycles. The van der Waals surface area contributed by atoms with Gasteiger partial charge in [0.15, 0.2) is 5.11 Å². The first-order valence-electron chi connectivity index (χ1n) is 5.26. The van der Waals surface area contributed by atoms with Gasteiger partial charge in [0.25, 0.3) is 5.91 Å². The minimum atomic E-state index is -2.86. The van der Waals surface area contributed by atoms with Crippen LogP contribution in [0.1, 0.15) is 29.9 Å². The van der Waals surface area contributed by atoms with Gasteiger partial charge >= 0.3 is 6.55 Å². The van der Waals surface area contributed by atoms with Crippen molar-refractivity contribution in [3.05, 3.63) is 18.0 Å². The van der Waals surface area contributed by atoms with E-state index in [1.807, 2.05) is 0 Å². The summed E-state index contributed by atoms with van der Waals surface area (Å²) >= 11 is 4.89. The van der Waals surface area contributed by atoms with E-state index >= 15 is 0 Å². The zero-order valence-electron chi connectivity index (χ0n) is 9.19. The van der Waals surface area contributed by atoms with Crippen molar-refractivity contribution in [3.63, 3.8) is 0 Å². The van der Waals surface area contributed by atoms with Gasteiger partial charge in [-0.15, -0.1) is 0 Å². The van der Waals surface area contributed by atoms with Crippen LogP contribution in [-0.4, -0.2) is 26.8 Å². The van der Waals surface area contributed by atoms with Gasteiger partial charge in [-0.05, 0) is 31.1 Å². The monoisotopic (exact) mass is 275 g/mol. The van der Waals surface area contributed by atoms with E-state index in [0.29, 0.717) is 10.7 Å². The molecular formula is C9H11F2N5OS. The third-order valence-corrected chi connectivity index (χ3v) is 2.51. The highest BCUT2D eigenvalue weighted by Gasteiger charge is 2.22. The largest absolute Gasteiger partial charge is 0.359 e. The molecule has 9 heteroatoms. The van der Waals surface area contributed by atoms with Gasteiger partial charge < -0.3 is 5.32 Å². The molecular weight excluding hydrogens is 264 g/mol. The number of rotatable bonds is 3. The first-order valence-corrected chi connectivity index (χ1v) is 5.67. The van der Waals surface area contributed by atoms with E-state index in [1.165, 1.54) is 6.07 Å². The van der Waals surface area contributed by atoms with Crippen molar-refractivity contribution in [2.75, 3.05) is 0 Å². The van der Waals surface area contributed by atoms with Crippen molar-refractivity contribution in [2.24, 2.45) is 0 Å². The number of nitrogens with one attached hydrogen (secondary N) is 3. The zero-order chi connectivity index (χ0) is 13.1. The van der Waals surface area contributed by atoms with Gasteiger partial charge in [-0.2, -0.15) is 18.6 Å². The lowest BCUT2D eigenvalue weighted by Crippen LogP contribution is -2.47. The molecule has 0 atom stereocenters. The SMILES string of the molecule is O=C(NNC(=S)NC1CC1)c1ccnn1C(F)F. The molecule has 1 amide bonds. The lowest BCUT2D eigenvalue weighted by atomic mass is 10.4. The maximum atomic E-state index is 12.5. The topological polar surface area (TPSA) is 71.0 Å². The van der Waals surface area contributed by atoms with Crippen molar-refractivity contribution in [3.8, 4) is 0 Å². The van der Waals surface area contributed by atoms with Crippen LogP contribution < -0.4 is 16.2 Å². The molecule has 0 spiro atoms. The van der Waals surface area contributed by atoms with Crippen molar-refractivity contribution in [1.82, 2.24) is 25.9 Å². The second-order valence-electron chi connectivity index (χ2n) is 3.77. The smallest absolute Gasteiger partial charge is 0.333 e. The molecule has 1 fully saturated rings. The maximum Gasteiger partial charge on any atom is 0.333 e. The highest BCUT2D eigenvalue weighted by molar-refractivity contribution is 7.80. The number of alkyl halides is 2. The van der Waals surface area contributed by atoms with Gasteiger partial charge in [0.05, 0.1) is 0 Å². The molecule has 3 N–H and O–H groups in total. The normalized spacial score (nSPS) is 14.4. The van der Waals surface area contributed by atoms with Crippen LogP contribution in [0.5, 0.6) is 0 Å². The Hall–Kier alpha value is -1.77. The maximum absolute atomic E-state index is 12.5. The first kappa shape index (κ1) is 12.7. The number of amides is 1. The van der Waals surface area contributed by atoms with E-state index < -0.39 is 12.5 Å². The van der Waals surface area contributed by atoms with Crippen LogP contribution in [0.25, 0.3) is 0 Å². The number of aromatic nitrogens is 2. The second-order valence-corrected chi connectivity index (χ2v) is 4.17. The van der Waals surface area contributed by atoms with Crippen molar-refractivity contribution < 1.29 is 13.6 Å². The predicted octanol–water partition coefficient (Wildman–Crippen LogP) is 0.549. The van der Waals surface area contributed by atoms with Gasteiger partial charge in [-0.25, -0.2) is 0 Å². The van der Waals surface area contributed by atoms with Gasteiger partial charge in [0, 0.05) is 12.2 Å². The van der Waals surface area contributed by atoms with E-state index in [-0.39, 0.29) is 10.8 Å². The number of hydrogen-bond donors (Lipinski definition) is 3. The number of nitrogens with zero attached hydrogens (tertiary/aromatic N) is 2. The average molecular weight is 275 g/mol. The quantitative estimate of drug-likeness (QED) is 0.555. The Morgan fingerprint density at radius 2 is 2.22 bits per heavy atom. The molecule has 0 saturated heterocycles.